The maximum Gasteiger partial charge on any atom is 0.0475 e. The van der Waals surface area contributed by atoms with Crippen molar-refractivity contribution in [3.8, 4) is 0 Å². The van der Waals surface area contributed by atoms with E-state index < -0.39 is 0 Å². The minimum atomic E-state index is 0.156. The quantitative estimate of drug-likeness (QED) is 0.423. The summed E-state index contributed by atoms with van der Waals surface area (Å²) in [5.41, 5.74) is 5.67. The molecule has 2 atom stereocenters. The molecule has 1 heterocycles. The van der Waals surface area contributed by atoms with E-state index >= 15 is 0 Å². The van der Waals surface area contributed by atoms with Gasteiger partial charge >= 0.3 is 0 Å². The van der Waals surface area contributed by atoms with Gasteiger partial charge in [-0.2, -0.15) is 0 Å². The first-order chi connectivity index (χ1) is 4.34. The Hall–Kier alpha value is -0.120. The Bertz CT molecular complexity index is 87.1. The first-order valence-corrected chi connectivity index (χ1v) is 3.41. The molecule has 0 saturated carbocycles. The zero-order chi connectivity index (χ0) is 6.69. The standard InChI is InChI=1S/C6H14N2O/c7-6-3-8-2-1-5(6)4-9/h5-6,8-9H,1-4,7H2/t5-,6-/m1/s1. The molecule has 4 N–H and O–H groups in total. The summed E-state index contributed by atoms with van der Waals surface area (Å²) >= 11 is 0. The molecule has 1 rings (SSSR count). The average molecular weight is 130 g/mol. The molecule has 0 aliphatic carbocycles. The summed E-state index contributed by atoms with van der Waals surface area (Å²) in [6, 6.07) is 0.156. The van der Waals surface area contributed by atoms with Crippen molar-refractivity contribution in [2.24, 2.45) is 11.7 Å². The number of hydrogen-bond donors (Lipinski definition) is 3. The van der Waals surface area contributed by atoms with Gasteiger partial charge in [0.1, 0.15) is 0 Å². The van der Waals surface area contributed by atoms with E-state index in [4.69, 9.17) is 10.8 Å². The molecule has 1 aliphatic heterocycles. The highest BCUT2D eigenvalue weighted by molar-refractivity contribution is 4.79. The van der Waals surface area contributed by atoms with Crippen molar-refractivity contribution >= 4 is 0 Å². The molecule has 3 nitrogen and oxygen atoms in total. The molecule has 0 unspecified atom stereocenters. The van der Waals surface area contributed by atoms with Gasteiger partial charge in [0.15, 0.2) is 0 Å². The van der Waals surface area contributed by atoms with Crippen molar-refractivity contribution in [2.75, 3.05) is 19.7 Å². The lowest BCUT2D eigenvalue weighted by Crippen LogP contribution is -2.47. The number of piperidine rings is 1. The molecule has 0 bridgehead atoms. The number of aliphatic hydroxyl groups excluding tert-OH is 1. The van der Waals surface area contributed by atoms with Crippen LogP contribution in [0.3, 0.4) is 0 Å². The van der Waals surface area contributed by atoms with Crippen LogP contribution in [-0.4, -0.2) is 30.8 Å². The lowest BCUT2D eigenvalue weighted by Gasteiger charge is -2.27. The van der Waals surface area contributed by atoms with Crippen LogP contribution < -0.4 is 11.1 Å². The predicted octanol–water partition coefficient (Wildman–Crippen LogP) is -1.08. The van der Waals surface area contributed by atoms with Crippen molar-refractivity contribution in [3.63, 3.8) is 0 Å². The Kier molecular flexibility index (Phi) is 2.45. The van der Waals surface area contributed by atoms with Crippen LogP contribution in [0.15, 0.2) is 0 Å². The highest BCUT2D eigenvalue weighted by atomic mass is 16.3. The summed E-state index contributed by atoms with van der Waals surface area (Å²) in [6.07, 6.45) is 1.01. The maximum absolute atomic E-state index is 8.75. The second kappa shape index (κ2) is 3.15. The highest BCUT2D eigenvalue weighted by Crippen LogP contribution is 2.08. The molecule has 0 radical (unpaired) electrons. The zero-order valence-corrected chi connectivity index (χ0v) is 5.51. The Morgan fingerprint density at radius 1 is 1.67 bits per heavy atom. The maximum atomic E-state index is 8.75. The topological polar surface area (TPSA) is 58.3 Å². The van der Waals surface area contributed by atoms with Gasteiger partial charge in [0, 0.05) is 19.2 Å². The molecule has 0 aromatic carbocycles. The van der Waals surface area contributed by atoms with Crippen molar-refractivity contribution < 1.29 is 5.11 Å². The Labute approximate surface area is 55.2 Å². The summed E-state index contributed by atoms with van der Waals surface area (Å²) in [5, 5.41) is 11.9. The van der Waals surface area contributed by atoms with E-state index in [9.17, 15) is 0 Å². The first kappa shape index (κ1) is 6.99. The summed E-state index contributed by atoms with van der Waals surface area (Å²) in [7, 11) is 0. The second-order valence-electron chi connectivity index (χ2n) is 2.60. The summed E-state index contributed by atoms with van der Waals surface area (Å²) in [4.78, 5) is 0. The lowest BCUT2D eigenvalue weighted by molar-refractivity contribution is 0.178. The number of hydrogen-bond acceptors (Lipinski definition) is 3. The van der Waals surface area contributed by atoms with E-state index in [2.05, 4.69) is 5.32 Å². The number of nitrogens with one attached hydrogen (secondary N) is 1. The van der Waals surface area contributed by atoms with Crippen LogP contribution in [0.5, 0.6) is 0 Å². The summed E-state index contributed by atoms with van der Waals surface area (Å²) < 4.78 is 0. The third kappa shape index (κ3) is 1.64. The zero-order valence-electron chi connectivity index (χ0n) is 5.51. The summed E-state index contributed by atoms with van der Waals surface area (Å²) in [6.45, 7) is 2.09. The molecule has 1 fully saturated rings. The van der Waals surface area contributed by atoms with Crippen molar-refractivity contribution in [2.45, 2.75) is 12.5 Å². The Morgan fingerprint density at radius 3 is 2.89 bits per heavy atom. The van der Waals surface area contributed by atoms with E-state index in [0.29, 0.717) is 5.92 Å². The van der Waals surface area contributed by atoms with Crippen molar-refractivity contribution in [1.82, 2.24) is 5.32 Å². The average Bonchev–Trinajstić information content (AvgIpc) is 1.89. The van der Waals surface area contributed by atoms with Gasteiger partial charge < -0.3 is 16.2 Å². The van der Waals surface area contributed by atoms with Gasteiger partial charge in [0.25, 0.3) is 0 Å². The van der Waals surface area contributed by atoms with Gasteiger partial charge in [-0.1, -0.05) is 0 Å². The Morgan fingerprint density at radius 2 is 2.44 bits per heavy atom. The van der Waals surface area contributed by atoms with Crippen LogP contribution in [0, 0.1) is 5.92 Å². The van der Waals surface area contributed by atoms with Gasteiger partial charge in [-0.15, -0.1) is 0 Å². The number of nitrogens with two attached hydrogens (primary N) is 1. The monoisotopic (exact) mass is 130 g/mol. The van der Waals surface area contributed by atoms with Crippen LogP contribution >= 0.6 is 0 Å². The van der Waals surface area contributed by atoms with E-state index in [1.807, 2.05) is 0 Å². The van der Waals surface area contributed by atoms with Gasteiger partial charge in [0.05, 0.1) is 0 Å². The van der Waals surface area contributed by atoms with Gasteiger partial charge in [-0.3, -0.25) is 0 Å². The smallest absolute Gasteiger partial charge is 0.0475 e. The number of aliphatic hydroxyl groups is 1. The lowest BCUT2D eigenvalue weighted by atomic mass is 9.95. The van der Waals surface area contributed by atoms with E-state index in [0.717, 1.165) is 19.5 Å². The van der Waals surface area contributed by atoms with Gasteiger partial charge in [-0.05, 0) is 18.9 Å². The van der Waals surface area contributed by atoms with Gasteiger partial charge in [-0.25, -0.2) is 0 Å². The van der Waals surface area contributed by atoms with Crippen LogP contribution in [0.4, 0.5) is 0 Å². The molecule has 1 saturated heterocycles. The molecular formula is C6H14N2O. The SMILES string of the molecule is N[C@@H]1CNCC[C@@H]1CO. The van der Waals surface area contributed by atoms with E-state index in [1.54, 1.807) is 0 Å². The van der Waals surface area contributed by atoms with Crippen molar-refractivity contribution in [3.05, 3.63) is 0 Å². The van der Waals surface area contributed by atoms with Crippen LogP contribution in [0.25, 0.3) is 0 Å². The fourth-order valence-electron chi connectivity index (χ4n) is 1.16. The van der Waals surface area contributed by atoms with E-state index in [1.165, 1.54) is 0 Å². The van der Waals surface area contributed by atoms with Crippen LogP contribution in [0.2, 0.25) is 0 Å². The summed E-state index contributed by atoms with van der Waals surface area (Å²) in [5.74, 6) is 0.325. The largest absolute Gasteiger partial charge is 0.396 e. The minimum absolute atomic E-state index is 0.156. The molecule has 1 aliphatic rings. The van der Waals surface area contributed by atoms with Crippen LogP contribution in [0.1, 0.15) is 6.42 Å². The molecule has 0 aromatic heterocycles. The predicted molar refractivity (Wildman–Crippen MR) is 36.0 cm³/mol. The third-order valence-electron chi connectivity index (χ3n) is 1.91. The second-order valence-corrected chi connectivity index (χ2v) is 2.60. The molecule has 0 amide bonds. The van der Waals surface area contributed by atoms with Gasteiger partial charge in [0.2, 0.25) is 0 Å². The molecular weight excluding hydrogens is 116 g/mol. The highest BCUT2D eigenvalue weighted by Gasteiger charge is 2.19. The third-order valence-corrected chi connectivity index (χ3v) is 1.91. The molecule has 9 heavy (non-hydrogen) atoms. The molecule has 0 aromatic rings. The number of rotatable bonds is 1. The molecule has 0 spiro atoms. The fraction of sp³-hybridized carbons (Fsp3) is 1.00. The normalized spacial score (nSPS) is 36.7. The molecule has 3 heteroatoms. The van der Waals surface area contributed by atoms with E-state index in [-0.39, 0.29) is 12.6 Å². The fourth-order valence-corrected chi connectivity index (χ4v) is 1.16. The Balaban J connectivity index is 2.30. The molecule has 54 valence electrons. The van der Waals surface area contributed by atoms with Crippen LogP contribution in [-0.2, 0) is 0 Å². The first-order valence-electron chi connectivity index (χ1n) is 3.41. The minimum Gasteiger partial charge on any atom is -0.396 e. The van der Waals surface area contributed by atoms with Crippen molar-refractivity contribution in [1.29, 1.82) is 0 Å².